The van der Waals surface area contributed by atoms with Crippen LogP contribution in [0.2, 0.25) is 0 Å². The molecule has 9 nitrogen and oxygen atoms in total. The van der Waals surface area contributed by atoms with Crippen LogP contribution in [0.25, 0.3) is 0 Å². The van der Waals surface area contributed by atoms with Gasteiger partial charge in [0.1, 0.15) is 24.3 Å². The second-order valence-corrected chi connectivity index (χ2v) is 9.71. The van der Waals surface area contributed by atoms with Crippen LogP contribution in [-0.2, 0) is 30.5 Å². The molecule has 0 aromatic heterocycles. The van der Waals surface area contributed by atoms with Gasteiger partial charge in [-0.2, -0.15) is 0 Å². The third-order valence-corrected chi connectivity index (χ3v) is 4.04. The van der Waals surface area contributed by atoms with Crippen LogP contribution in [0.15, 0.2) is 30.3 Å². The highest BCUT2D eigenvalue weighted by Crippen LogP contribution is 2.21. The number of benzene rings is 1. The molecule has 0 unspecified atom stereocenters. The molecule has 0 heterocycles. The number of rotatable bonds is 9. The van der Waals surface area contributed by atoms with E-state index in [2.05, 4.69) is 10.6 Å². The molecule has 0 spiro atoms. The molecule has 178 valence electrons. The van der Waals surface area contributed by atoms with E-state index in [0.29, 0.717) is 0 Å². The van der Waals surface area contributed by atoms with Crippen LogP contribution >= 0.6 is 0 Å². The number of hydrogen-bond acceptors (Lipinski definition) is 6. The normalized spacial score (nSPS) is 13.4. The van der Waals surface area contributed by atoms with Gasteiger partial charge in [0.15, 0.2) is 0 Å². The number of alkyl carbamates (subject to hydrolysis) is 1. The van der Waals surface area contributed by atoms with Gasteiger partial charge in [0.25, 0.3) is 0 Å². The molecular weight excluding hydrogens is 416 g/mol. The Morgan fingerprint density at radius 2 is 1.53 bits per heavy atom. The highest BCUT2D eigenvalue weighted by Gasteiger charge is 2.32. The van der Waals surface area contributed by atoms with Crippen molar-refractivity contribution in [3.8, 4) is 0 Å². The molecule has 9 heteroatoms. The maximum absolute atomic E-state index is 12.8. The van der Waals surface area contributed by atoms with Gasteiger partial charge in [0.05, 0.1) is 6.42 Å². The third-order valence-electron chi connectivity index (χ3n) is 4.04. The van der Waals surface area contributed by atoms with Crippen LogP contribution in [0.5, 0.6) is 0 Å². The Labute approximate surface area is 188 Å². The molecule has 0 radical (unpaired) electrons. The first kappa shape index (κ1) is 26.9. The quantitative estimate of drug-likeness (QED) is 0.493. The highest BCUT2D eigenvalue weighted by atomic mass is 16.6. The Morgan fingerprint density at radius 1 is 0.938 bits per heavy atom. The fourth-order valence-electron chi connectivity index (χ4n) is 2.75. The number of carbonyl (C=O) groups excluding carboxylic acids is 3. The Bertz CT molecular complexity index is 795. The van der Waals surface area contributed by atoms with E-state index in [4.69, 9.17) is 9.47 Å². The van der Waals surface area contributed by atoms with Gasteiger partial charge in [-0.1, -0.05) is 51.1 Å². The molecule has 0 saturated heterocycles. The standard InChI is InChI=1S/C23H34N2O7/c1-22(2,3)13-17(25-21(30)31-14-15-10-8-7-9-11-15)19(27)24-16(20(28)29)12-18(26)32-23(4,5)6/h7-11,16-17H,12-14H2,1-6H3,(H,24,27)(H,25,30)(H,28,29)/t16-,17+/m0/s1. The van der Waals surface area contributed by atoms with E-state index in [1.807, 2.05) is 39.0 Å². The summed E-state index contributed by atoms with van der Waals surface area (Å²) in [7, 11) is 0. The maximum atomic E-state index is 12.8. The van der Waals surface area contributed by atoms with E-state index in [-0.39, 0.29) is 18.4 Å². The van der Waals surface area contributed by atoms with E-state index in [0.717, 1.165) is 5.56 Å². The third kappa shape index (κ3) is 11.3. The fraction of sp³-hybridized carbons (Fsp3) is 0.565. The van der Waals surface area contributed by atoms with Crippen molar-refractivity contribution >= 4 is 23.9 Å². The van der Waals surface area contributed by atoms with Crippen LogP contribution in [0.4, 0.5) is 4.79 Å². The van der Waals surface area contributed by atoms with Gasteiger partial charge in [-0.3, -0.25) is 9.59 Å². The van der Waals surface area contributed by atoms with E-state index in [9.17, 15) is 24.3 Å². The topological polar surface area (TPSA) is 131 Å². The molecule has 0 aliphatic heterocycles. The van der Waals surface area contributed by atoms with Gasteiger partial charge in [-0.05, 0) is 38.2 Å². The molecule has 3 N–H and O–H groups in total. The number of carboxylic acids is 1. The van der Waals surface area contributed by atoms with Crippen molar-refractivity contribution in [2.45, 2.75) is 78.7 Å². The summed E-state index contributed by atoms with van der Waals surface area (Å²) in [5.74, 6) is -2.87. The Hall–Kier alpha value is -3.10. The lowest BCUT2D eigenvalue weighted by Gasteiger charge is -2.27. The van der Waals surface area contributed by atoms with Crippen molar-refractivity contribution in [3.63, 3.8) is 0 Å². The summed E-state index contributed by atoms with van der Waals surface area (Å²) >= 11 is 0. The maximum Gasteiger partial charge on any atom is 0.408 e. The zero-order chi connectivity index (χ0) is 24.5. The van der Waals surface area contributed by atoms with Crippen LogP contribution in [0, 0.1) is 5.41 Å². The fourth-order valence-corrected chi connectivity index (χ4v) is 2.75. The Morgan fingerprint density at radius 3 is 2.03 bits per heavy atom. The molecule has 0 saturated carbocycles. The van der Waals surface area contributed by atoms with Crippen LogP contribution in [0.3, 0.4) is 0 Å². The van der Waals surface area contributed by atoms with Gasteiger partial charge >= 0.3 is 18.0 Å². The summed E-state index contributed by atoms with van der Waals surface area (Å²) in [6, 6.07) is 6.48. The molecule has 0 bridgehead atoms. The molecule has 32 heavy (non-hydrogen) atoms. The molecule has 1 aromatic rings. The average molecular weight is 451 g/mol. The number of carbonyl (C=O) groups is 4. The number of carboxylic acid groups (broad SMARTS) is 1. The Balaban J connectivity index is 2.82. The van der Waals surface area contributed by atoms with Crippen LogP contribution in [-0.4, -0.2) is 46.7 Å². The number of ether oxygens (including phenoxy) is 2. The zero-order valence-corrected chi connectivity index (χ0v) is 19.6. The zero-order valence-electron chi connectivity index (χ0n) is 19.6. The minimum atomic E-state index is -1.50. The number of esters is 1. The average Bonchev–Trinajstić information content (AvgIpc) is 2.63. The van der Waals surface area contributed by atoms with Gasteiger partial charge in [-0.25, -0.2) is 9.59 Å². The summed E-state index contributed by atoms with van der Waals surface area (Å²) < 4.78 is 10.3. The van der Waals surface area contributed by atoms with Crippen molar-refractivity contribution in [1.82, 2.24) is 10.6 Å². The summed E-state index contributed by atoms with van der Waals surface area (Å²) in [4.78, 5) is 48.7. The van der Waals surface area contributed by atoms with Crippen molar-refractivity contribution < 1.29 is 33.8 Å². The van der Waals surface area contributed by atoms with Crippen molar-refractivity contribution in [2.24, 2.45) is 5.41 Å². The molecule has 0 aliphatic carbocycles. The SMILES string of the molecule is CC(C)(C)C[C@@H](NC(=O)OCc1ccccc1)C(=O)N[C@@H](CC(=O)OC(C)(C)C)C(=O)O. The van der Waals surface area contributed by atoms with E-state index in [1.54, 1.807) is 32.9 Å². The molecule has 2 atom stereocenters. The van der Waals surface area contributed by atoms with Crippen molar-refractivity contribution in [2.75, 3.05) is 0 Å². The summed E-state index contributed by atoms with van der Waals surface area (Å²) in [6.45, 7) is 10.6. The smallest absolute Gasteiger partial charge is 0.408 e. The van der Waals surface area contributed by atoms with Crippen molar-refractivity contribution in [1.29, 1.82) is 0 Å². The molecule has 1 aromatic carbocycles. The van der Waals surface area contributed by atoms with Crippen LogP contribution < -0.4 is 10.6 Å². The molecular formula is C23H34N2O7. The highest BCUT2D eigenvalue weighted by molar-refractivity contribution is 5.91. The van der Waals surface area contributed by atoms with E-state index >= 15 is 0 Å². The minimum Gasteiger partial charge on any atom is -0.480 e. The predicted octanol–water partition coefficient (Wildman–Crippen LogP) is 3.02. The lowest BCUT2D eigenvalue weighted by molar-refractivity contribution is -0.158. The number of nitrogens with one attached hydrogen (secondary N) is 2. The first-order chi connectivity index (χ1) is 14.7. The van der Waals surface area contributed by atoms with Crippen LogP contribution in [0.1, 0.15) is 59.9 Å². The lowest BCUT2D eigenvalue weighted by Crippen LogP contribution is -2.53. The van der Waals surface area contributed by atoms with Gasteiger partial charge in [-0.15, -0.1) is 0 Å². The first-order valence-electron chi connectivity index (χ1n) is 10.4. The number of aliphatic carboxylic acids is 1. The number of hydrogen-bond donors (Lipinski definition) is 3. The van der Waals surface area contributed by atoms with E-state index < -0.39 is 48.0 Å². The molecule has 1 rings (SSSR count). The van der Waals surface area contributed by atoms with Gasteiger partial charge in [0.2, 0.25) is 5.91 Å². The molecule has 0 aliphatic rings. The second kappa shape index (κ2) is 11.5. The monoisotopic (exact) mass is 450 g/mol. The van der Waals surface area contributed by atoms with Crippen molar-refractivity contribution in [3.05, 3.63) is 35.9 Å². The predicted molar refractivity (Wildman–Crippen MR) is 118 cm³/mol. The first-order valence-corrected chi connectivity index (χ1v) is 10.4. The summed E-state index contributed by atoms with van der Waals surface area (Å²) in [6.07, 6.45) is -1.13. The molecule has 0 fully saturated rings. The van der Waals surface area contributed by atoms with Gasteiger partial charge < -0.3 is 25.2 Å². The minimum absolute atomic E-state index is 0.0208. The summed E-state index contributed by atoms with van der Waals surface area (Å²) in [5, 5.41) is 14.3. The lowest BCUT2D eigenvalue weighted by atomic mass is 9.87. The largest absolute Gasteiger partial charge is 0.480 e. The van der Waals surface area contributed by atoms with Gasteiger partial charge in [0, 0.05) is 0 Å². The van der Waals surface area contributed by atoms with E-state index in [1.165, 1.54) is 0 Å². The number of amides is 2. The second-order valence-electron chi connectivity index (χ2n) is 9.71. The molecule has 2 amide bonds. The Kier molecular flexibility index (Phi) is 9.68. The summed E-state index contributed by atoms with van der Waals surface area (Å²) in [5.41, 5.74) is -0.371.